The second-order valence-electron chi connectivity index (χ2n) is 13.6. The quantitative estimate of drug-likeness (QED) is 0.105. The molecule has 6 N–H and O–H groups in total. The van der Waals surface area contributed by atoms with Gasteiger partial charge in [-0.15, -0.1) is 0 Å². The van der Waals surface area contributed by atoms with Gasteiger partial charge in [-0.25, -0.2) is 4.79 Å². The fraction of sp³-hybridized carbons (Fsp3) is 0.595. The second kappa shape index (κ2) is 17.5. The number of hydrogen-bond donors (Lipinski definition) is 6. The maximum atomic E-state index is 12.4. The van der Waals surface area contributed by atoms with Crippen LogP contribution in [0, 0.1) is 0 Å². The molecule has 0 unspecified atom stereocenters. The lowest BCUT2D eigenvalue weighted by Gasteiger charge is -2.24. The van der Waals surface area contributed by atoms with Crippen LogP contribution in [0.4, 0.5) is 4.79 Å². The van der Waals surface area contributed by atoms with E-state index in [0.29, 0.717) is 68.8 Å². The highest BCUT2D eigenvalue weighted by Crippen LogP contribution is 2.42. The Bertz CT molecular complexity index is 1370. The van der Waals surface area contributed by atoms with Crippen LogP contribution < -0.4 is 31.9 Å². The summed E-state index contributed by atoms with van der Waals surface area (Å²) < 4.78 is 5.59. The molecular weight excluding hydrogens is 625 g/mol. The minimum Gasteiger partial charge on any atom is -0.378 e. The first-order chi connectivity index (χ1) is 23.5. The minimum absolute atomic E-state index is 0.0110. The van der Waals surface area contributed by atoms with E-state index in [0.717, 1.165) is 43.7 Å². The number of amides is 4. The largest absolute Gasteiger partial charge is 0.378 e. The zero-order valence-corrected chi connectivity index (χ0v) is 28.8. The number of rotatable bonds is 18. The Morgan fingerprint density at radius 2 is 1.67 bits per heavy atom. The molecule has 0 aromatic heterocycles. The molecule has 0 radical (unpaired) electrons. The number of hydrogen-bond acceptors (Lipinski definition) is 7. The zero-order valence-electron chi connectivity index (χ0n) is 27.9. The fourth-order valence-corrected chi connectivity index (χ4v) is 8.75. The van der Waals surface area contributed by atoms with Crippen LogP contribution in [-0.4, -0.2) is 92.4 Å². The minimum atomic E-state index is -0.0592. The Morgan fingerprint density at radius 3 is 2.46 bits per heavy atom. The number of piperidine rings is 1. The summed E-state index contributed by atoms with van der Waals surface area (Å²) in [6.07, 6.45) is 8.11. The van der Waals surface area contributed by atoms with Crippen molar-refractivity contribution < 1.29 is 19.1 Å². The van der Waals surface area contributed by atoms with E-state index in [9.17, 15) is 14.4 Å². The molecule has 0 bridgehead atoms. The van der Waals surface area contributed by atoms with Crippen molar-refractivity contribution in [1.82, 2.24) is 31.9 Å². The number of fused-ring (bicyclic) bond motifs is 1. The van der Waals surface area contributed by atoms with Crippen molar-refractivity contribution in [2.45, 2.75) is 93.1 Å². The number of aryl methyl sites for hydroxylation is 1. The Kier molecular flexibility index (Phi) is 12.7. The maximum absolute atomic E-state index is 12.4. The zero-order chi connectivity index (χ0) is 33.1. The van der Waals surface area contributed by atoms with Gasteiger partial charge in [0.25, 0.3) is 0 Å². The predicted octanol–water partition coefficient (Wildman–Crippen LogP) is 3.46. The summed E-state index contributed by atoms with van der Waals surface area (Å²) in [6.45, 7) is 3.99. The molecule has 10 nitrogen and oxygen atoms in total. The van der Waals surface area contributed by atoms with E-state index in [4.69, 9.17) is 4.74 Å². The van der Waals surface area contributed by atoms with Gasteiger partial charge in [0.2, 0.25) is 11.8 Å². The van der Waals surface area contributed by atoms with Crippen LogP contribution in [0.3, 0.4) is 0 Å². The number of thioether (sulfide) groups is 1. The molecule has 2 aromatic carbocycles. The fourth-order valence-electron chi connectivity index (χ4n) is 7.20. The molecule has 4 fully saturated rings. The highest BCUT2D eigenvalue weighted by Gasteiger charge is 2.42. The molecule has 48 heavy (non-hydrogen) atoms. The van der Waals surface area contributed by atoms with Gasteiger partial charge >= 0.3 is 6.03 Å². The molecule has 1 aliphatic carbocycles. The van der Waals surface area contributed by atoms with Gasteiger partial charge in [0.05, 0.1) is 25.3 Å². The predicted molar refractivity (Wildman–Crippen MR) is 191 cm³/mol. The van der Waals surface area contributed by atoms with Gasteiger partial charge in [0.15, 0.2) is 0 Å². The molecule has 3 saturated heterocycles. The lowest BCUT2D eigenvalue weighted by molar-refractivity contribution is -0.121. The Hall–Kier alpha value is -3.12. The van der Waals surface area contributed by atoms with Crippen LogP contribution in [0.15, 0.2) is 48.5 Å². The lowest BCUT2D eigenvalue weighted by atomic mass is 9.99. The number of nitrogens with one attached hydrogen (secondary N) is 6. The first-order valence-corrected chi connectivity index (χ1v) is 19.0. The van der Waals surface area contributed by atoms with Crippen molar-refractivity contribution in [1.29, 1.82) is 0 Å². The number of carbonyl (C=O) groups is 3. The number of carbonyl (C=O) groups excluding carboxylic acids is 3. The van der Waals surface area contributed by atoms with Gasteiger partial charge < -0.3 is 36.6 Å². The van der Waals surface area contributed by atoms with Crippen LogP contribution in [0.25, 0.3) is 11.1 Å². The van der Waals surface area contributed by atoms with Crippen LogP contribution >= 0.6 is 11.8 Å². The topological polar surface area (TPSA) is 133 Å². The number of benzene rings is 2. The van der Waals surface area contributed by atoms with Gasteiger partial charge in [-0.3, -0.25) is 9.59 Å². The Balaban J connectivity index is 0.785. The van der Waals surface area contributed by atoms with E-state index in [1.165, 1.54) is 36.0 Å². The molecule has 5 atom stereocenters. The normalized spacial score (nSPS) is 24.8. The van der Waals surface area contributed by atoms with Gasteiger partial charge in [-0.05, 0) is 73.9 Å². The highest BCUT2D eigenvalue weighted by molar-refractivity contribution is 8.00. The Labute approximate surface area is 289 Å². The summed E-state index contributed by atoms with van der Waals surface area (Å²) >= 11 is 1.90. The molecule has 2 aromatic rings. The van der Waals surface area contributed by atoms with E-state index >= 15 is 0 Å². The third kappa shape index (κ3) is 10.2. The van der Waals surface area contributed by atoms with E-state index < -0.39 is 0 Å². The summed E-state index contributed by atoms with van der Waals surface area (Å²) in [6, 6.07) is 19.2. The first-order valence-electron chi connectivity index (χ1n) is 18.0. The third-order valence-electron chi connectivity index (χ3n) is 10.0. The van der Waals surface area contributed by atoms with Crippen molar-refractivity contribution in [2.75, 3.05) is 45.1 Å². The summed E-state index contributed by atoms with van der Waals surface area (Å²) in [5, 5.41) is 19.6. The number of ether oxygens (including phenoxy) is 1. The van der Waals surface area contributed by atoms with Crippen LogP contribution in [0.5, 0.6) is 0 Å². The van der Waals surface area contributed by atoms with Gasteiger partial charge in [-0.2, -0.15) is 11.8 Å². The van der Waals surface area contributed by atoms with E-state index in [2.05, 4.69) is 80.4 Å². The average Bonchev–Trinajstić information content (AvgIpc) is 3.62. The SMILES string of the molecule is O=C(CCCC[C@@H]1SC[C@@H]2NC(=O)N[C@@H]21)NCCOCCNC(=O)CCc1cccc(-c2ccc([C@@H]3C[C@H]3NC3CCNCC3)cc2)c1. The molecular formula is C37H52N6O4S. The van der Waals surface area contributed by atoms with Gasteiger partial charge in [0, 0.05) is 54.9 Å². The monoisotopic (exact) mass is 676 g/mol. The van der Waals surface area contributed by atoms with Crippen LogP contribution in [0.2, 0.25) is 0 Å². The summed E-state index contributed by atoms with van der Waals surface area (Å²) in [5.74, 6) is 1.63. The van der Waals surface area contributed by atoms with Crippen LogP contribution in [0.1, 0.15) is 68.4 Å². The number of urea groups is 1. The molecule has 1 saturated carbocycles. The summed E-state index contributed by atoms with van der Waals surface area (Å²) in [4.78, 5) is 36.1. The van der Waals surface area contributed by atoms with Crippen molar-refractivity contribution in [2.24, 2.45) is 0 Å². The molecule has 3 aliphatic heterocycles. The first kappa shape index (κ1) is 34.7. The second-order valence-corrected chi connectivity index (χ2v) is 14.9. The smallest absolute Gasteiger partial charge is 0.315 e. The molecule has 6 rings (SSSR count). The average molecular weight is 677 g/mol. The van der Waals surface area contributed by atoms with Crippen molar-refractivity contribution >= 4 is 29.6 Å². The van der Waals surface area contributed by atoms with E-state index in [1.807, 2.05) is 11.8 Å². The van der Waals surface area contributed by atoms with Crippen molar-refractivity contribution in [3.63, 3.8) is 0 Å². The molecule has 4 amide bonds. The van der Waals surface area contributed by atoms with Crippen molar-refractivity contribution in [3.8, 4) is 11.1 Å². The molecule has 260 valence electrons. The highest BCUT2D eigenvalue weighted by atomic mass is 32.2. The number of unbranched alkanes of at least 4 members (excludes halogenated alkanes) is 1. The molecule has 3 heterocycles. The van der Waals surface area contributed by atoms with Crippen molar-refractivity contribution in [3.05, 3.63) is 59.7 Å². The summed E-state index contributed by atoms with van der Waals surface area (Å²) in [7, 11) is 0. The molecule has 11 heteroatoms. The van der Waals surface area contributed by atoms with E-state index in [-0.39, 0.29) is 29.9 Å². The Morgan fingerprint density at radius 1 is 0.896 bits per heavy atom. The van der Waals surface area contributed by atoms with Gasteiger partial charge in [0.1, 0.15) is 0 Å². The standard InChI is InChI=1S/C37H52N6O4S/c44-34(7-2-1-6-33-36-32(24-48-33)42-37(46)43-36)39-18-20-47-21-19-40-35(45)13-8-25-4-3-5-28(22-25)26-9-11-27(12-10-26)30-23-31(30)41-29-14-16-38-17-15-29/h3-5,9-12,22,29-33,36,38,41H,1-2,6-8,13-21,23-24H2,(H,39,44)(H,40,45)(H2,42,43,46)/t30-,31+,32-,33-,36-/m0/s1. The maximum Gasteiger partial charge on any atom is 0.315 e. The van der Waals surface area contributed by atoms with Gasteiger partial charge in [-0.1, -0.05) is 55.0 Å². The van der Waals surface area contributed by atoms with E-state index in [1.54, 1.807) is 0 Å². The lowest BCUT2D eigenvalue weighted by Crippen LogP contribution is -2.41. The third-order valence-corrected chi connectivity index (χ3v) is 11.5. The molecule has 0 spiro atoms. The van der Waals surface area contributed by atoms with Crippen LogP contribution in [-0.2, 0) is 20.7 Å². The summed E-state index contributed by atoms with van der Waals surface area (Å²) in [5.41, 5.74) is 4.96. The molecule has 4 aliphatic rings.